The number of piperidine rings is 1. The number of hydrogen-bond acceptors (Lipinski definition) is 6. The van der Waals surface area contributed by atoms with Crippen LogP contribution < -0.4 is 9.47 Å². The number of nitrogens with zero attached hydrogens (tertiary/aromatic N) is 2. The number of nitriles is 1. The molecule has 5 nitrogen and oxygen atoms in total. The van der Waals surface area contributed by atoms with E-state index in [1.165, 1.54) is 43.7 Å². The molecule has 1 aliphatic heterocycles. The summed E-state index contributed by atoms with van der Waals surface area (Å²) in [6, 6.07) is 21.0. The highest BCUT2D eigenvalue weighted by atomic mass is 35.5. The largest absolute Gasteiger partial charge is 0.508 e. The predicted molar refractivity (Wildman–Crippen MR) is 143 cm³/mol. The topological polar surface area (TPSA) is 65.7 Å². The van der Waals surface area contributed by atoms with Crippen LogP contribution >= 0.6 is 23.7 Å². The van der Waals surface area contributed by atoms with Crippen molar-refractivity contribution in [3.8, 4) is 40.2 Å². The van der Waals surface area contributed by atoms with Crippen molar-refractivity contribution in [2.45, 2.75) is 19.3 Å². The van der Waals surface area contributed by atoms with E-state index in [0.29, 0.717) is 23.0 Å². The fourth-order valence-electron chi connectivity index (χ4n) is 4.42. The highest BCUT2D eigenvalue weighted by Crippen LogP contribution is 2.42. The molecule has 5 rings (SSSR count). The van der Waals surface area contributed by atoms with E-state index in [4.69, 9.17) is 9.47 Å². The Bertz CT molecular complexity index is 1320. The van der Waals surface area contributed by atoms with Crippen molar-refractivity contribution in [3.05, 3.63) is 70.9 Å². The maximum atomic E-state index is 9.93. The third kappa shape index (κ3) is 5.71. The SMILES string of the molecule is Cl.N#Cc1sccc1-c1ccc2cc(O)ccc2c1Oc1ccc(OCCN2CCCCC2)cc1. The number of phenolic OH excluding ortho intramolecular Hbond substituents is 1. The van der Waals surface area contributed by atoms with Crippen molar-refractivity contribution >= 4 is 34.5 Å². The average molecular weight is 507 g/mol. The van der Waals surface area contributed by atoms with Crippen molar-refractivity contribution < 1.29 is 14.6 Å². The molecule has 0 radical (unpaired) electrons. The van der Waals surface area contributed by atoms with Crippen LogP contribution in [0.4, 0.5) is 0 Å². The lowest BCUT2D eigenvalue weighted by molar-refractivity contribution is 0.183. The molecule has 0 amide bonds. The molecule has 7 heteroatoms. The van der Waals surface area contributed by atoms with Crippen LogP contribution in [0, 0.1) is 11.3 Å². The maximum absolute atomic E-state index is 9.93. The number of likely N-dealkylation sites (tertiary alicyclic amines) is 1. The Labute approximate surface area is 215 Å². The molecule has 1 fully saturated rings. The third-order valence-corrected chi connectivity index (χ3v) is 7.00. The standard InChI is InChI=1S/C28H26N2O3S.ClH/c29-19-27-25(12-17-34-27)26-10-4-20-18-21(31)5-11-24(20)28(26)33-23-8-6-22(7-9-23)32-16-15-30-13-2-1-3-14-30;/h4-12,17-18,31H,1-3,13-16H2;1H. The number of halogens is 1. The highest BCUT2D eigenvalue weighted by molar-refractivity contribution is 7.11. The minimum Gasteiger partial charge on any atom is -0.508 e. The first-order valence-corrected chi connectivity index (χ1v) is 12.5. The second-order valence-corrected chi connectivity index (χ2v) is 9.36. The summed E-state index contributed by atoms with van der Waals surface area (Å²) >= 11 is 1.41. The number of benzene rings is 3. The molecule has 4 aromatic rings. The van der Waals surface area contributed by atoms with Crippen molar-refractivity contribution in [1.29, 1.82) is 5.26 Å². The lowest BCUT2D eigenvalue weighted by Gasteiger charge is -2.26. The van der Waals surface area contributed by atoms with Crippen molar-refractivity contribution in [3.63, 3.8) is 0 Å². The van der Waals surface area contributed by atoms with E-state index in [1.807, 2.05) is 53.9 Å². The summed E-state index contributed by atoms with van der Waals surface area (Å²) in [6.45, 7) is 3.95. The Balaban J connectivity index is 0.00000289. The summed E-state index contributed by atoms with van der Waals surface area (Å²) in [6.07, 6.45) is 3.90. The van der Waals surface area contributed by atoms with Crippen LogP contribution in [0.3, 0.4) is 0 Å². The first-order chi connectivity index (χ1) is 16.7. The number of hydrogen-bond donors (Lipinski definition) is 1. The summed E-state index contributed by atoms with van der Waals surface area (Å²) in [5.41, 5.74) is 1.69. The molecule has 1 saturated heterocycles. The van der Waals surface area contributed by atoms with E-state index in [-0.39, 0.29) is 18.2 Å². The van der Waals surface area contributed by atoms with Gasteiger partial charge in [0, 0.05) is 23.1 Å². The lowest BCUT2D eigenvalue weighted by Crippen LogP contribution is -2.33. The second-order valence-electron chi connectivity index (χ2n) is 8.45. The summed E-state index contributed by atoms with van der Waals surface area (Å²) < 4.78 is 12.3. The first kappa shape index (κ1) is 24.9. The van der Waals surface area contributed by atoms with Gasteiger partial charge in [0.1, 0.15) is 40.6 Å². The molecule has 0 bridgehead atoms. The van der Waals surface area contributed by atoms with Gasteiger partial charge in [0.2, 0.25) is 0 Å². The molecule has 0 spiro atoms. The molecule has 3 aromatic carbocycles. The molecule has 2 heterocycles. The van der Waals surface area contributed by atoms with Gasteiger partial charge in [-0.1, -0.05) is 12.5 Å². The quantitative estimate of drug-likeness (QED) is 0.286. The van der Waals surface area contributed by atoms with Gasteiger partial charge in [-0.15, -0.1) is 23.7 Å². The number of fused-ring (bicyclic) bond motifs is 1. The van der Waals surface area contributed by atoms with E-state index < -0.39 is 0 Å². The number of thiophene rings is 1. The first-order valence-electron chi connectivity index (χ1n) is 11.6. The molecule has 1 N–H and O–H groups in total. The Hall–Kier alpha value is -3.24. The molecular weight excluding hydrogens is 480 g/mol. The normalized spacial score (nSPS) is 13.7. The molecule has 0 atom stereocenters. The minimum atomic E-state index is 0. The zero-order chi connectivity index (χ0) is 23.3. The van der Waals surface area contributed by atoms with Crippen LogP contribution in [0.2, 0.25) is 0 Å². The van der Waals surface area contributed by atoms with E-state index in [1.54, 1.807) is 12.1 Å². The van der Waals surface area contributed by atoms with Crippen molar-refractivity contribution in [2.24, 2.45) is 0 Å². The van der Waals surface area contributed by atoms with Gasteiger partial charge in [0.15, 0.2) is 0 Å². The summed E-state index contributed by atoms with van der Waals surface area (Å²) in [7, 11) is 0. The highest BCUT2D eigenvalue weighted by Gasteiger charge is 2.16. The van der Waals surface area contributed by atoms with E-state index in [2.05, 4.69) is 11.0 Å². The number of ether oxygens (including phenoxy) is 2. The zero-order valence-electron chi connectivity index (χ0n) is 19.3. The van der Waals surface area contributed by atoms with E-state index >= 15 is 0 Å². The third-order valence-electron chi connectivity index (χ3n) is 6.18. The summed E-state index contributed by atoms with van der Waals surface area (Å²) in [4.78, 5) is 3.10. The fraction of sp³-hybridized carbons (Fsp3) is 0.250. The molecule has 0 saturated carbocycles. The van der Waals surface area contributed by atoms with Gasteiger partial charge in [-0.2, -0.15) is 5.26 Å². The van der Waals surface area contributed by atoms with Gasteiger partial charge >= 0.3 is 0 Å². The van der Waals surface area contributed by atoms with Gasteiger partial charge in [0.05, 0.1) is 0 Å². The van der Waals surface area contributed by atoms with Crippen LogP contribution in [-0.2, 0) is 0 Å². The molecule has 0 aliphatic carbocycles. The summed E-state index contributed by atoms with van der Waals surface area (Å²) in [5.74, 6) is 2.35. The van der Waals surface area contributed by atoms with Gasteiger partial charge in [-0.05, 0) is 91.3 Å². The zero-order valence-corrected chi connectivity index (χ0v) is 20.9. The Kier molecular flexibility index (Phi) is 8.14. The molecule has 1 aliphatic rings. The van der Waals surface area contributed by atoms with Crippen LogP contribution in [0.1, 0.15) is 24.1 Å². The smallest absolute Gasteiger partial charge is 0.143 e. The van der Waals surface area contributed by atoms with Gasteiger partial charge in [-0.3, -0.25) is 4.90 Å². The summed E-state index contributed by atoms with van der Waals surface area (Å²) in [5, 5.41) is 23.1. The Morgan fingerprint density at radius 1 is 0.914 bits per heavy atom. The number of phenols is 1. The van der Waals surface area contributed by atoms with Crippen molar-refractivity contribution in [2.75, 3.05) is 26.2 Å². The van der Waals surface area contributed by atoms with Crippen LogP contribution in [-0.4, -0.2) is 36.2 Å². The van der Waals surface area contributed by atoms with Gasteiger partial charge in [0.25, 0.3) is 0 Å². The van der Waals surface area contributed by atoms with Crippen LogP contribution in [0.25, 0.3) is 21.9 Å². The second kappa shape index (κ2) is 11.5. The maximum Gasteiger partial charge on any atom is 0.143 e. The fourth-order valence-corrected chi connectivity index (χ4v) is 5.11. The monoisotopic (exact) mass is 506 g/mol. The molecule has 0 unspecified atom stereocenters. The van der Waals surface area contributed by atoms with Crippen molar-refractivity contribution in [1.82, 2.24) is 4.90 Å². The molecule has 35 heavy (non-hydrogen) atoms. The lowest BCUT2D eigenvalue weighted by atomic mass is 10.00. The predicted octanol–water partition coefficient (Wildman–Crippen LogP) is 7.22. The molecule has 1 aromatic heterocycles. The van der Waals surface area contributed by atoms with Gasteiger partial charge in [-0.25, -0.2) is 0 Å². The van der Waals surface area contributed by atoms with Gasteiger partial charge < -0.3 is 14.6 Å². The average Bonchev–Trinajstić information content (AvgIpc) is 3.34. The van der Waals surface area contributed by atoms with E-state index in [0.717, 1.165) is 34.2 Å². The minimum absolute atomic E-state index is 0. The number of rotatable bonds is 7. The molecular formula is C28H27ClN2O3S. The molecule has 180 valence electrons. The van der Waals surface area contributed by atoms with E-state index in [9.17, 15) is 10.4 Å². The van der Waals surface area contributed by atoms with Crippen LogP contribution in [0.5, 0.6) is 23.0 Å². The van der Waals surface area contributed by atoms with Crippen LogP contribution in [0.15, 0.2) is 66.0 Å². The number of aromatic hydroxyl groups is 1. The Morgan fingerprint density at radius 2 is 1.69 bits per heavy atom. The Morgan fingerprint density at radius 3 is 2.46 bits per heavy atom.